The lowest BCUT2D eigenvalue weighted by Crippen LogP contribution is -2.11. The van der Waals surface area contributed by atoms with Gasteiger partial charge in [-0.15, -0.1) is 21.5 Å². The molecule has 0 radical (unpaired) electrons. The van der Waals surface area contributed by atoms with Crippen LogP contribution >= 0.6 is 57.6 Å². The summed E-state index contributed by atoms with van der Waals surface area (Å²) >= 11 is 16.2. The van der Waals surface area contributed by atoms with Crippen molar-refractivity contribution in [1.82, 2.24) is 15.2 Å². The summed E-state index contributed by atoms with van der Waals surface area (Å²) in [6.07, 6.45) is 0.334. The average molecular weight is 432 g/mol. The van der Waals surface area contributed by atoms with E-state index in [0.29, 0.717) is 38.2 Å². The van der Waals surface area contributed by atoms with E-state index in [2.05, 4.69) is 20.5 Å². The Balaban J connectivity index is 1.54. The van der Waals surface area contributed by atoms with Crippen molar-refractivity contribution < 1.29 is 4.79 Å². The Morgan fingerprint density at radius 1 is 1.32 bits per heavy atom. The van der Waals surface area contributed by atoms with E-state index in [0.717, 1.165) is 9.90 Å². The van der Waals surface area contributed by atoms with Gasteiger partial charge in [-0.1, -0.05) is 46.3 Å². The zero-order valence-corrected chi connectivity index (χ0v) is 16.5. The number of aromatic nitrogens is 3. The number of amides is 1. The van der Waals surface area contributed by atoms with Crippen LogP contribution in [0.4, 0.5) is 10.3 Å². The molecule has 0 fully saturated rings. The maximum absolute atomic E-state index is 12.0. The highest BCUT2D eigenvalue weighted by Gasteiger charge is 2.11. The van der Waals surface area contributed by atoms with Crippen molar-refractivity contribution in [3.05, 3.63) is 33.6 Å². The molecule has 25 heavy (non-hydrogen) atoms. The fraction of sp³-hybridized carbons (Fsp3) is 0.143. The summed E-state index contributed by atoms with van der Waals surface area (Å²) in [5.74, 6) is 0.468. The SMILES string of the molecule is Nc1nnc(SCCC(=O)Nc2nc(-c3ccc(Cl)cc3Cl)cs2)s1. The van der Waals surface area contributed by atoms with Gasteiger partial charge in [-0.25, -0.2) is 4.98 Å². The third kappa shape index (κ3) is 5.05. The van der Waals surface area contributed by atoms with E-state index in [9.17, 15) is 4.79 Å². The second-order valence-corrected chi connectivity index (χ2v) is 8.77. The predicted molar refractivity (Wildman–Crippen MR) is 106 cm³/mol. The molecule has 0 aliphatic carbocycles. The molecule has 0 aliphatic rings. The highest BCUT2D eigenvalue weighted by atomic mass is 35.5. The molecule has 3 rings (SSSR count). The number of nitrogens with one attached hydrogen (secondary N) is 1. The van der Waals surface area contributed by atoms with Gasteiger partial charge in [0.1, 0.15) is 0 Å². The molecule has 130 valence electrons. The Bertz CT molecular complexity index is 898. The molecule has 2 aromatic heterocycles. The number of anilines is 2. The Morgan fingerprint density at radius 3 is 2.88 bits per heavy atom. The molecule has 6 nitrogen and oxygen atoms in total. The fourth-order valence-corrected chi connectivity index (χ4v) is 4.72. The predicted octanol–water partition coefficient (Wildman–Crippen LogP) is 4.67. The number of thioether (sulfide) groups is 1. The molecule has 0 bridgehead atoms. The first-order valence-electron chi connectivity index (χ1n) is 6.94. The van der Waals surface area contributed by atoms with Crippen LogP contribution in [0.15, 0.2) is 27.9 Å². The minimum atomic E-state index is -0.118. The van der Waals surface area contributed by atoms with Crippen LogP contribution < -0.4 is 11.1 Å². The number of carbonyl (C=O) groups is 1. The lowest BCUT2D eigenvalue weighted by atomic mass is 10.2. The molecule has 3 aromatic rings. The van der Waals surface area contributed by atoms with E-state index >= 15 is 0 Å². The van der Waals surface area contributed by atoms with Gasteiger partial charge in [0, 0.05) is 28.1 Å². The smallest absolute Gasteiger partial charge is 0.226 e. The summed E-state index contributed by atoms with van der Waals surface area (Å²) < 4.78 is 0.749. The van der Waals surface area contributed by atoms with Crippen molar-refractivity contribution in [2.24, 2.45) is 0 Å². The van der Waals surface area contributed by atoms with Gasteiger partial charge in [0.25, 0.3) is 0 Å². The number of carbonyl (C=O) groups excluding carboxylic acids is 1. The van der Waals surface area contributed by atoms with Gasteiger partial charge in [-0.05, 0) is 18.2 Å². The molecule has 0 atom stereocenters. The van der Waals surface area contributed by atoms with Crippen molar-refractivity contribution >= 4 is 73.8 Å². The number of nitrogen functional groups attached to an aromatic ring is 1. The van der Waals surface area contributed by atoms with Gasteiger partial charge in [0.2, 0.25) is 11.0 Å². The number of rotatable bonds is 6. The van der Waals surface area contributed by atoms with E-state index in [1.165, 1.54) is 34.4 Å². The second-order valence-electron chi connectivity index (χ2n) is 4.71. The Morgan fingerprint density at radius 2 is 2.16 bits per heavy atom. The number of nitrogens with zero attached hydrogens (tertiary/aromatic N) is 3. The molecule has 0 saturated heterocycles. The maximum Gasteiger partial charge on any atom is 0.226 e. The van der Waals surface area contributed by atoms with Gasteiger partial charge in [-0.2, -0.15) is 0 Å². The van der Waals surface area contributed by atoms with E-state index in [-0.39, 0.29) is 5.91 Å². The largest absolute Gasteiger partial charge is 0.374 e. The minimum Gasteiger partial charge on any atom is -0.374 e. The number of thiazole rings is 1. The maximum atomic E-state index is 12.0. The van der Waals surface area contributed by atoms with Gasteiger partial charge < -0.3 is 11.1 Å². The highest BCUT2D eigenvalue weighted by molar-refractivity contribution is 8.01. The molecule has 1 aromatic carbocycles. The number of halogens is 2. The van der Waals surface area contributed by atoms with Crippen molar-refractivity contribution in [1.29, 1.82) is 0 Å². The quantitative estimate of drug-likeness (QED) is 0.550. The van der Waals surface area contributed by atoms with Gasteiger partial charge in [0.05, 0.1) is 10.7 Å². The van der Waals surface area contributed by atoms with Crippen molar-refractivity contribution in [2.75, 3.05) is 16.8 Å². The van der Waals surface area contributed by atoms with Crippen molar-refractivity contribution in [3.63, 3.8) is 0 Å². The molecule has 0 unspecified atom stereocenters. The van der Waals surface area contributed by atoms with Crippen LogP contribution in [0, 0.1) is 0 Å². The topological polar surface area (TPSA) is 93.8 Å². The zero-order chi connectivity index (χ0) is 17.8. The number of nitrogens with two attached hydrogens (primary N) is 1. The lowest BCUT2D eigenvalue weighted by molar-refractivity contribution is -0.115. The van der Waals surface area contributed by atoms with Crippen LogP contribution in [0.25, 0.3) is 11.3 Å². The van der Waals surface area contributed by atoms with E-state index < -0.39 is 0 Å². The number of hydrogen-bond acceptors (Lipinski definition) is 8. The summed E-state index contributed by atoms with van der Waals surface area (Å²) in [5, 5.41) is 14.3. The standard InChI is InChI=1S/C14H11Cl2N5OS3/c15-7-1-2-8(9(16)5-7)10-6-24-13(18-10)19-11(22)3-4-23-14-21-20-12(17)25-14/h1-2,5-6H,3-4H2,(H2,17,20)(H,18,19,22). The van der Waals surface area contributed by atoms with Crippen molar-refractivity contribution in [2.45, 2.75) is 10.8 Å². The Labute approximate surface area is 165 Å². The molecule has 11 heteroatoms. The molecular weight excluding hydrogens is 421 g/mol. The summed E-state index contributed by atoms with van der Waals surface area (Å²) in [4.78, 5) is 16.4. The first-order valence-corrected chi connectivity index (χ1v) is 10.4. The Hall–Kier alpha value is -1.39. The Kier molecular flexibility index (Phi) is 6.13. The zero-order valence-electron chi connectivity index (χ0n) is 12.5. The normalized spacial score (nSPS) is 10.8. The highest BCUT2D eigenvalue weighted by Crippen LogP contribution is 2.32. The first-order chi connectivity index (χ1) is 12.0. The fourth-order valence-electron chi connectivity index (χ4n) is 1.84. The summed E-state index contributed by atoms with van der Waals surface area (Å²) in [6, 6.07) is 5.21. The van der Waals surface area contributed by atoms with Crippen LogP contribution in [0.5, 0.6) is 0 Å². The molecular formula is C14H11Cl2N5OS3. The van der Waals surface area contributed by atoms with E-state index in [1.54, 1.807) is 18.2 Å². The number of hydrogen-bond donors (Lipinski definition) is 2. The molecule has 2 heterocycles. The molecule has 0 saturated carbocycles. The molecule has 1 amide bonds. The molecule has 3 N–H and O–H groups in total. The van der Waals surface area contributed by atoms with E-state index in [4.69, 9.17) is 28.9 Å². The van der Waals surface area contributed by atoms with Crippen LogP contribution in [0.1, 0.15) is 6.42 Å². The van der Waals surface area contributed by atoms with Crippen LogP contribution in [0.3, 0.4) is 0 Å². The third-order valence-electron chi connectivity index (χ3n) is 2.93. The van der Waals surface area contributed by atoms with Gasteiger partial charge >= 0.3 is 0 Å². The molecule has 0 spiro atoms. The average Bonchev–Trinajstić information content (AvgIpc) is 3.16. The minimum absolute atomic E-state index is 0.118. The summed E-state index contributed by atoms with van der Waals surface area (Å²) in [7, 11) is 0. The molecule has 0 aliphatic heterocycles. The van der Waals surface area contributed by atoms with Crippen LogP contribution in [0.2, 0.25) is 10.0 Å². The third-order valence-corrected chi connectivity index (χ3v) is 6.13. The van der Waals surface area contributed by atoms with Gasteiger partial charge in [0.15, 0.2) is 9.47 Å². The monoisotopic (exact) mass is 431 g/mol. The van der Waals surface area contributed by atoms with Crippen LogP contribution in [-0.4, -0.2) is 26.8 Å². The van der Waals surface area contributed by atoms with Crippen LogP contribution in [-0.2, 0) is 4.79 Å². The van der Waals surface area contributed by atoms with Gasteiger partial charge in [-0.3, -0.25) is 4.79 Å². The van der Waals surface area contributed by atoms with E-state index in [1.807, 2.05) is 5.38 Å². The number of benzene rings is 1. The summed E-state index contributed by atoms with van der Waals surface area (Å²) in [6.45, 7) is 0. The summed E-state index contributed by atoms with van der Waals surface area (Å²) in [5.41, 5.74) is 6.98. The second kappa shape index (κ2) is 8.33. The van der Waals surface area contributed by atoms with Crippen molar-refractivity contribution in [3.8, 4) is 11.3 Å². The first kappa shape index (κ1) is 18.4. The lowest BCUT2D eigenvalue weighted by Gasteiger charge is -2.02.